The Labute approximate surface area is 108 Å². The molecule has 1 aliphatic heterocycles. The van der Waals surface area contributed by atoms with Crippen molar-refractivity contribution >= 4 is 0 Å². The fraction of sp³-hybridized carbons (Fsp3) is 0.917. The van der Waals surface area contributed by atoms with Gasteiger partial charge in [0.25, 0.3) is 0 Å². The van der Waals surface area contributed by atoms with Gasteiger partial charge in [-0.15, -0.1) is 10.2 Å². The van der Waals surface area contributed by atoms with E-state index >= 15 is 0 Å². The first-order chi connectivity index (χ1) is 8.78. The van der Waals surface area contributed by atoms with E-state index in [-0.39, 0.29) is 0 Å². The maximum atomic E-state index is 5.70. The highest BCUT2D eigenvalue weighted by atomic mass is 16.5. The topological polar surface area (TPSA) is 64.9 Å². The van der Waals surface area contributed by atoms with Gasteiger partial charge in [0.1, 0.15) is 0 Å². The summed E-state index contributed by atoms with van der Waals surface area (Å²) in [6.07, 6.45) is 5.77. The summed E-state index contributed by atoms with van der Waals surface area (Å²) in [7, 11) is 1.80. The van der Waals surface area contributed by atoms with Crippen molar-refractivity contribution in [2.45, 2.75) is 51.2 Å². The monoisotopic (exact) mass is 253 g/mol. The average molecular weight is 253 g/mol. The van der Waals surface area contributed by atoms with Gasteiger partial charge in [-0.3, -0.25) is 0 Å². The van der Waals surface area contributed by atoms with E-state index in [1.807, 2.05) is 0 Å². The summed E-state index contributed by atoms with van der Waals surface area (Å²) in [5.74, 6) is 0.809. The van der Waals surface area contributed by atoms with Crippen LogP contribution in [0.5, 0.6) is 0 Å². The summed E-state index contributed by atoms with van der Waals surface area (Å²) in [6.45, 7) is 4.11. The molecule has 0 radical (unpaired) electrons. The van der Waals surface area contributed by atoms with Gasteiger partial charge in [0.2, 0.25) is 0 Å². The first-order valence-corrected chi connectivity index (χ1v) is 6.85. The van der Waals surface area contributed by atoms with E-state index in [1.165, 1.54) is 17.6 Å². The molecule has 0 saturated carbocycles. The highest BCUT2D eigenvalue weighted by Crippen LogP contribution is 2.18. The van der Waals surface area contributed by atoms with Crippen molar-refractivity contribution in [3.05, 3.63) is 5.82 Å². The molecule has 2 rings (SSSR count). The molecule has 1 aromatic rings. The van der Waals surface area contributed by atoms with Crippen LogP contribution >= 0.6 is 0 Å². The Hall–Kier alpha value is -1.01. The van der Waals surface area contributed by atoms with Crippen LogP contribution < -0.4 is 5.32 Å². The summed E-state index contributed by atoms with van der Waals surface area (Å²) in [4.78, 5) is 1.51. The molecule has 1 saturated heterocycles. The van der Waals surface area contributed by atoms with Gasteiger partial charge in [0.15, 0.2) is 5.82 Å². The van der Waals surface area contributed by atoms with Crippen LogP contribution in [-0.2, 0) is 18.2 Å². The molecule has 1 fully saturated rings. The Bertz CT molecular complexity index is 348. The summed E-state index contributed by atoms with van der Waals surface area (Å²) in [5, 5.41) is 15.7. The number of rotatable bonds is 7. The molecule has 0 amide bonds. The van der Waals surface area contributed by atoms with Gasteiger partial charge in [-0.05, 0) is 37.4 Å². The SMILES string of the molecule is CCCNC(Cc1nnn(C)n1)CC1CCCO1. The van der Waals surface area contributed by atoms with E-state index in [2.05, 4.69) is 27.7 Å². The van der Waals surface area contributed by atoms with Crippen molar-refractivity contribution in [1.82, 2.24) is 25.5 Å². The molecular weight excluding hydrogens is 230 g/mol. The molecule has 6 nitrogen and oxygen atoms in total. The third-order valence-electron chi connectivity index (χ3n) is 3.23. The van der Waals surface area contributed by atoms with Gasteiger partial charge < -0.3 is 10.1 Å². The molecule has 0 bridgehead atoms. The minimum absolute atomic E-state index is 0.386. The lowest BCUT2D eigenvalue weighted by atomic mass is 10.0. The summed E-state index contributed by atoms with van der Waals surface area (Å²) in [6, 6.07) is 0.386. The van der Waals surface area contributed by atoms with Crippen molar-refractivity contribution in [3.63, 3.8) is 0 Å². The Morgan fingerprint density at radius 3 is 3.06 bits per heavy atom. The third-order valence-corrected chi connectivity index (χ3v) is 3.23. The van der Waals surface area contributed by atoms with Gasteiger partial charge >= 0.3 is 0 Å². The number of hydrogen-bond donors (Lipinski definition) is 1. The molecule has 2 heterocycles. The Morgan fingerprint density at radius 1 is 1.56 bits per heavy atom. The predicted molar refractivity (Wildman–Crippen MR) is 68.2 cm³/mol. The van der Waals surface area contributed by atoms with Crippen LogP contribution in [-0.4, -0.2) is 45.5 Å². The second-order valence-corrected chi connectivity index (χ2v) is 4.92. The molecule has 102 valence electrons. The van der Waals surface area contributed by atoms with Crippen molar-refractivity contribution in [2.75, 3.05) is 13.2 Å². The molecule has 2 atom stereocenters. The zero-order valence-electron chi connectivity index (χ0n) is 11.3. The first kappa shape index (κ1) is 13.4. The van der Waals surface area contributed by atoms with Gasteiger partial charge in [0, 0.05) is 19.1 Å². The lowest BCUT2D eigenvalue weighted by Crippen LogP contribution is -2.35. The number of aromatic nitrogens is 4. The standard InChI is InChI=1S/C12H23N5O/c1-3-6-13-10(8-11-5-4-7-18-11)9-12-14-16-17(2)15-12/h10-11,13H,3-9H2,1-2H3. The van der Waals surface area contributed by atoms with Crippen molar-refractivity contribution in [3.8, 4) is 0 Å². The Balaban J connectivity index is 1.86. The highest BCUT2D eigenvalue weighted by molar-refractivity contribution is 4.86. The molecule has 0 aromatic carbocycles. The second kappa shape index (κ2) is 6.80. The number of ether oxygens (including phenoxy) is 1. The average Bonchev–Trinajstić information content (AvgIpc) is 2.98. The third kappa shape index (κ3) is 4.03. The molecule has 1 aliphatic rings. The number of tetrazole rings is 1. The molecule has 0 aliphatic carbocycles. The largest absolute Gasteiger partial charge is 0.378 e. The molecule has 1 N–H and O–H groups in total. The lowest BCUT2D eigenvalue weighted by Gasteiger charge is -2.20. The van der Waals surface area contributed by atoms with Gasteiger partial charge in [-0.25, -0.2) is 0 Å². The van der Waals surface area contributed by atoms with E-state index in [0.29, 0.717) is 12.1 Å². The van der Waals surface area contributed by atoms with Crippen molar-refractivity contribution in [2.24, 2.45) is 7.05 Å². The minimum Gasteiger partial charge on any atom is -0.378 e. The van der Waals surface area contributed by atoms with Gasteiger partial charge in [0.05, 0.1) is 13.2 Å². The van der Waals surface area contributed by atoms with E-state index in [9.17, 15) is 0 Å². The quantitative estimate of drug-likeness (QED) is 0.774. The molecule has 18 heavy (non-hydrogen) atoms. The minimum atomic E-state index is 0.386. The van der Waals surface area contributed by atoms with Crippen LogP contribution in [0, 0.1) is 0 Å². The molecular formula is C12H23N5O. The van der Waals surface area contributed by atoms with Crippen LogP contribution in [0.1, 0.15) is 38.4 Å². The highest BCUT2D eigenvalue weighted by Gasteiger charge is 2.21. The molecule has 6 heteroatoms. The summed E-state index contributed by atoms with van der Waals surface area (Å²) < 4.78 is 5.70. The Morgan fingerprint density at radius 2 is 2.44 bits per heavy atom. The second-order valence-electron chi connectivity index (χ2n) is 4.92. The van der Waals surface area contributed by atoms with Crippen LogP contribution in [0.15, 0.2) is 0 Å². The van der Waals surface area contributed by atoms with Crippen molar-refractivity contribution < 1.29 is 4.74 Å². The maximum absolute atomic E-state index is 5.70. The molecule has 0 spiro atoms. The number of nitrogens with one attached hydrogen (secondary N) is 1. The van der Waals surface area contributed by atoms with Crippen LogP contribution in [0.4, 0.5) is 0 Å². The Kier molecular flexibility index (Phi) is 5.07. The lowest BCUT2D eigenvalue weighted by molar-refractivity contribution is 0.0944. The molecule has 1 aromatic heterocycles. The van der Waals surface area contributed by atoms with Gasteiger partial charge in [-0.1, -0.05) is 6.92 Å². The van der Waals surface area contributed by atoms with E-state index in [1.54, 1.807) is 7.05 Å². The van der Waals surface area contributed by atoms with E-state index in [0.717, 1.165) is 38.2 Å². The number of nitrogens with zero attached hydrogens (tertiary/aromatic N) is 4. The smallest absolute Gasteiger partial charge is 0.176 e. The molecule has 2 unspecified atom stereocenters. The van der Waals surface area contributed by atoms with Crippen molar-refractivity contribution in [1.29, 1.82) is 0 Å². The van der Waals surface area contributed by atoms with Crippen LogP contribution in [0.2, 0.25) is 0 Å². The van der Waals surface area contributed by atoms with E-state index in [4.69, 9.17) is 4.74 Å². The fourth-order valence-corrected chi connectivity index (χ4v) is 2.36. The number of hydrogen-bond acceptors (Lipinski definition) is 5. The van der Waals surface area contributed by atoms with E-state index < -0.39 is 0 Å². The van der Waals surface area contributed by atoms with Crippen LogP contribution in [0.25, 0.3) is 0 Å². The van der Waals surface area contributed by atoms with Gasteiger partial charge in [-0.2, -0.15) is 4.80 Å². The summed E-state index contributed by atoms with van der Waals surface area (Å²) >= 11 is 0. The fourth-order valence-electron chi connectivity index (χ4n) is 2.36. The predicted octanol–water partition coefficient (Wildman–Crippen LogP) is 0.690. The zero-order valence-corrected chi connectivity index (χ0v) is 11.3. The first-order valence-electron chi connectivity index (χ1n) is 6.85. The zero-order chi connectivity index (χ0) is 12.8. The normalized spacial score (nSPS) is 21.3. The summed E-state index contributed by atoms with van der Waals surface area (Å²) in [5.41, 5.74) is 0. The maximum Gasteiger partial charge on any atom is 0.176 e. The van der Waals surface area contributed by atoms with Crippen LogP contribution in [0.3, 0.4) is 0 Å². The number of aryl methyl sites for hydroxylation is 1.